The number of halogens is 1. The van der Waals surface area contributed by atoms with Crippen molar-refractivity contribution in [2.45, 2.75) is 88.3 Å². The molecule has 2 heterocycles. The molecule has 1 atom stereocenters. The zero-order chi connectivity index (χ0) is 26.9. The number of benzene rings is 2. The van der Waals surface area contributed by atoms with E-state index < -0.39 is 6.04 Å². The summed E-state index contributed by atoms with van der Waals surface area (Å²) in [4.78, 5) is 18.4. The predicted molar refractivity (Wildman–Crippen MR) is 154 cm³/mol. The molecule has 6 nitrogen and oxygen atoms in total. The largest absolute Gasteiger partial charge is 0.459 e. The second kappa shape index (κ2) is 11.1. The number of fused-ring (bicyclic) bond motifs is 1. The van der Waals surface area contributed by atoms with Crippen LogP contribution in [0.15, 0.2) is 65.0 Å². The predicted octanol–water partition coefficient (Wildman–Crippen LogP) is 7.69. The van der Waals surface area contributed by atoms with Crippen LogP contribution in [0.3, 0.4) is 0 Å². The number of hydrogen-bond acceptors (Lipinski definition) is 6. The van der Waals surface area contributed by atoms with Crippen molar-refractivity contribution in [3.63, 3.8) is 0 Å². The lowest BCUT2D eigenvalue weighted by Gasteiger charge is -2.30. The normalized spacial score (nSPS) is 18.2. The van der Waals surface area contributed by atoms with Crippen molar-refractivity contribution in [1.82, 2.24) is 14.8 Å². The fourth-order valence-corrected chi connectivity index (χ4v) is 6.20. The SMILES string of the molecule is CC1=C(C(=O)OC2CCCCC2)C(c2ccc(C(C)(C)C)cc2)n2nc(SCc3ccccc3Cl)nc2N1. The molecule has 2 aliphatic rings. The van der Waals surface area contributed by atoms with Crippen molar-refractivity contribution in [2.75, 3.05) is 5.32 Å². The minimum absolute atomic E-state index is 0.0284. The highest BCUT2D eigenvalue weighted by Gasteiger charge is 2.36. The smallest absolute Gasteiger partial charge is 0.338 e. The summed E-state index contributed by atoms with van der Waals surface area (Å²) in [5.41, 5.74) is 4.60. The second-order valence-electron chi connectivity index (χ2n) is 11.1. The molecule has 0 bridgehead atoms. The molecule has 1 aromatic heterocycles. The van der Waals surface area contributed by atoms with Crippen LogP contribution in [0, 0.1) is 0 Å². The molecule has 3 aromatic rings. The number of aromatic nitrogens is 3. The lowest BCUT2D eigenvalue weighted by Crippen LogP contribution is -2.32. The lowest BCUT2D eigenvalue weighted by atomic mass is 9.85. The number of esters is 1. The Balaban J connectivity index is 1.48. The highest BCUT2D eigenvalue weighted by molar-refractivity contribution is 7.98. The molecule has 0 amide bonds. The van der Waals surface area contributed by atoms with Crippen LogP contribution in [-0.2, 0) is 20.7 Å². The monoisotopic (exact) mass is 550 g/mol. The van der Waals surface area contributed by atoms with E-state index in [4.69, 9.17) is 26.4 Å². The van der Waals surface area contributed by atoms with Crippen molar-refractivity contribution in [1.29, 1.82) is 0 Å². The van der Waals surface area contributed by atoms with Gasteiger partial charge in [-0.05, 0) is 60.8 Å². The zero-order valence-corrected chi connectivity index (χ0v) is 24.0. The summed E-state index contributed by atoms with van der Waals surface area (Å²) in [5.74, 6) is 0.985. The third-order valence-electron chi connectivity index (χ3n) is 7.29. The van der Waals surface area contributed by atoms with Gasteiger partial charge in [0.15, 0.2) is 0 Å². The summed E-state index contributed by atoms with van der Waals surface area (Å²) >= 11 is 7.88. The van der Waals surface area contributed by atoms with Gasteiger partial charge in [-0.2, -0.15) is 4.98 Å². The van der Waals surface area contributed by atoms with Gasteiger partial charge in [-0.3, -0.25) is 0 Å². The van der Waals surface area contributed by atoms with Crippen molar-refractivity contribution in [3.8, 4) is 0 Å². The summed E-state index contributed by atoms with van der Waals surface area (Å²) in [6.45, 7) is 8.51. The molecule has 1 aliphatic carbocycles. The maximum absolute atomic E-state index is 13.6. The number of hydrogen-bond donors (Lipinski definition) is 1. The Hall–Kier alpha value is -2.77. The van der Waals surface area contributed by atoms with Crippen LogP contribution < -0.4 is 5.32 Å². The number of ether oxygens (including phenoxy) is 1. The third-order valence-corrected chi connectivity index (χ3v) is 8.54. The molecule has 1 saturated carbocycles. The van der Waals surface area contributed by atoms with Crippen LogP contribution in [0.5, 0.6) is 0 Å². The van der Waals surface area contributed by atoms with Gasteiger partial charge < -0.3 is 10.1 Å². The first kappa shape index (κ1) is 26.8. The summed E-state index contributed by atoms with van der Waals surface area (Å²) < 4.78 is 7.88. The second-order valence-corrected chi connectivity index (χ2v) is 12.5. The molecule has 0 saturated heterocycles. The third kappa shape index (κ3) is 5.79. The fourth-order valence-electron chi connectivity index (χ4n) is 5.09. The van der Waals surface area contributed by atoms with E-state index in [2.05, 4.69) is 50.4 Å². The van der Waals surface area contributed by atoms with Crippen LogP contribution in [0.2, 0.25) is 5.02 Å². The number of nitrogens with one attached hydrogen (secondary N) is 1. The van der Waals surface area contributed by atoms with E-state index in [1.165, 1.54) is 23.7 Å². The molecule has 1 N–H and O–H groups in total. The van der Waals surface area contributed by atoms with Crippen LogP contribution in [0.25, 0.3) is 0 Å². The molecule has 1 unspecified atom stereocenters. The number of rotatable bonds is 6. The molecular weight excluding hydrogens is 516 g/mol. The Bertz CT molecular complexity index is 1340. The Morgan fingerprint density at radius 2 is 1.82 bits per heavy atom. The Morgan fingerprint density at radius 3 is 2.50 bits per heavy atom. The van der Waals surface area contributed by atoms with Gasteiger partial charge in [0.2, 0.25) is 11.1 Å². The van der Waals surface area contributed by atoms with E-state index in [0.717, 1.165) is 47.5 Å². The van der Waals surface area contributed by atoms with Crippen molar-refractivity contribution >= 4 is 35.3 Å². The average molecular weight is 551 g/mol. The van der Waals surface area contributed by atoms with E-state index in [0.29, 0.717) is 22.4 Å². The number of allylic oxidation sites excluding steroid dienone is 1. The maximum atomic E-state index is 13.6. The summed E-state index contributed by atoms with van der Waals surface area (Å²) in [5, 5.41) is 9.53. The molecular formula is C30H35ClN4O2S. The first-order valence-corrected chi connectivity index (χ1v) is 14.7. The topological polar surface area (TPSA) is 69.0 Å². The summed E-state index contributed by atoms with van der Waals surface area (Å²) in [6, 6.07) is 15.8. The number of carbonyl (C=O) groups is 1. The molecule has 1 aliphatic heterocycles. The van der Waals surface area contributed by atoms with Crippen LogP contribution in [0.1, 0.15) is 82.5 Å². The van der Waals surface area contributed by atoms with Crippen LogP contribution >= 0.6 is 23.4 Å². The molecule has 8 heteroatoms. The Morgan fingerprint density at radius 1 is 1.11 bits per heavy atom. The molecule has 2 aromatic carbocycles. The zero-order valence-electron chi connectivity index (χ0n) is 22.5. The van der Waals surface area contributed by atoms with Crippen molar-refractivity contribution in [2.24, 2.45) is 0 Å². The fraction of sp³-hybridized carbons (Fsp3) is 0.433. The van der Waals surface area contributed by atoms with E-state index in [1.54, 1.807) is 0 Å². The highest BCUT2D eigenvalue weighted by Crippen LogP contribution is 2.38. The van der Waals surface area contributed by atoms with Gasteiger partial charge in [-0.25, -0.2) is 9.48 Å². The van der Waals surface area contributed by atoms with Gasteiger partial charge in [0.25, 0.3) is 0 Å². The van der Waals surface area contributed by atoms with Crippen molar-refractivity contribution < 1.29 is 9.53 Å². The minimum atomic E-state index is -0.432. The lowest BCUT2D eigenvalue weighted by molar-refractivity contribution is -0.146. The molecule has 38 heavy (non-hydrogen) atoms. The highest BCUT2D eigenvalue weighted by atomic mass is 35.5. The summed E-state index contributed by atoms with van der Waals surface area (Å²) in [7, 11) is 0. The van der Waals surface area contributed by atoms with Gasteiger partial charge >= 0.3 is 5.97 Å². The van der Waals surface area contributed by atoms with Gasteiger partial charge in [0.05, 0.1) is 5.57 Å². The van der Waals surface area contributed by atoms with Gasteiger partial charge in [-0.15, -0.1) is 5.10 Å². The van der Waals surface area contributed by atoms with E-state index in [-0.39, 0.29) is 17.5 Å². The first-order valence-electron chi connectivity index (χ1n) is 13.3. The van der Waals surface area contributed by atoms with Gasteiger partial charge in [0.1, 0.15) is 12.1 Å². The standard InChI is InChI=1S/C30H35ClN4O2S/c1-19-25(27(36)37-23-11-6-5-7-12-23)26(20-14-16-22(17-15-20)30(2,3)4)35-28(32-19)33-29(34-35)38-18-21-10-8-9-13-24(21)31/h8-10,13-17,23,26H,5-7,11-12,18H2,1-4H3,(H,32,33,34). The Labute approximate surface area is 234 Å². The van der Waals surface area contributed by atoms with E-state index >= 15 is 0 Å². The number of carbonyl (C=O) groups excluding carboxylic acids is 1. The number of anilines is 1. The minimum Gasteiger partial charge on any atom is -0.459 e. The quantitative estimate of drug-likeness (QED) is 0.250. The first-order chi connectivity index (χ1) is 18.2. The van der Waals surface area contributed by atoms with E-state index in [1.807, 2.05) is 35.9 Å². The molecule has 1 fully saturated rings. The number of nitrogens with zero attached hydrogens (tertiary/aromatic N) is 3. The molecule has 0 radical (unpaired) electrons. The molecule has 200 valence electrons. The van der Waals surface area contributed by atoms with Gasteiger partial charge in [0, 0.05) is 16.5 Å². The maximum Gasteiger partial charge on any atom is 0.338 e. The van der Waals surface area contributed by atoms with Gasteiger partial charge in [-0.1, -0.05) is 93.0 Å². The van der Waals surface area contributed by atoms with Crippen LogP contribution in [0.4, 0.5) is 5.95 Å². The molecule has 0 spiro atoms. The van der Waals surface area contributed by atoms with Crippen LogP contribution in [-0.4, -0.2) is 26.8 Å². The molecule has 5 rings (SSSR count). The van der Waals surface area contributed by atoms with Crippen molar-refractivity contribution in [3.05, 3.63) is 81.5 Å². The summed E-state index contributed by atoms with van der Waals surface area (Å²) in [6.07, 6.45) is 5.23. The van der Waals surface area contributed by atoms with E-state index in [9.17, 15) is 4.79 Å². The Kier molecular flexibility index (Phi) is 7.87. The number of thioether (sulfide) groups is 1. The average Bonchev–Trinajstić information content (AvgIpc) is 3.30.